The molecule has 5 heteroatoms. The topological polar surface area (TPSA) is 50.4 Å². The molecule has 1 aromatic carbocycles. The summed E-state index contributed by atoms with van der Waals surface area (Å²) < 4.78 is 5.45. The molecule has 1 aliphatic heterocycles. The fourth-order valence-corrected chi connectivity index (χ4v) is 2.19. The second kappa shape index (κ2) is 8.82. The van der Waals surface area contributed by atoms with E-state index < -0.39 is 0 Å². The van der Waals surface area contributed by atoms with Crippen LogP contribution in [0.5, 0.6) is 5.75 Å². The van der Waals surface area contributed by atoms with Crippen molar-refractivity contribution in [1.82, 2.24) is 10.6 Å². The molecule has 0 atom stereocenters. The van der Waals surface area contributed by atoms with Crippen LogP contribution in [0.25, 0.3) is 0 Å². The van der Waals surface area contributed by atoms with Crippen LogP contribution in [0.1, 0.15) is 24.5 Å². The average Bonchev–Trinajstić information content (AvgIpc) is 2.86. The molecule has 0 unspecified atom stereocenters. The highest BCUT2D eigenvalue weighted by Gasteiger charge is 2.13. The molecule has 1 aromatic rings. The van der Waals surface area contributed by atoms with E-state index in [0.29, 0.717) is 13.0 Å². The van der Waals surface area contributed by atoms with Gasteiger partial charge in [-0.05, 0) is 30.2 Å². The molecule has 1 aliphatic rings. The SMILES string of the molecule is CCCNCCNC(=O)Cc1ccc2c(c1)CCO2.Cl. The Morgan fingerprint density at radius 1 is 1.30 bits per heavy atom. The number of fused-ring (bicyclic) bond motifs is 1. The first-order valence-corrected chi connectivity index (χ1v) is 7.01. The maximum atomic E-state index is 11.8. The molecule has 1 heterocycles. The number of carbonyl (C=O) groups is 1. The molecule has 0 spiro atoms. The van der Waals surface area contributed by atoms with Gasteiger partial charge in [-0.2, -0.15) is 0 Å². The predicted octanol–water partition coefficient (Wildman–Crippen LogP) is 1.70. The Kier molecular flexibility index (Phi) is 7.41. The Labute approximate surface area is 126 Å². The number of carbonyl (C=O) groups excluding carboxylic acids is 1. The molecular formula is C15H23ClN2O2. The lowest BCUT2D eigenvalue weighted by Gasteiger charge is -2.07. The van der Waals surface area contributed by atoms with Gasteiger partial charge in [0, 0.05) is 19.5 Å². The first-order chi connectivity index (χ1) is 9.29. The molecule has 0 saturated carbocycles. The molecule has 0 radical (unpaired) electrons. The van der Waals surface area contributed by atoms with Crippen molar-refractivity contribution >= 4 is 18.3 Å². The van der Waals surface area contributed by atoms with Crippen molar-refractivity contribution in [3.63, 3.8) is 0 Å². The molecule has 0 fully saturated rings. The van der Waals surface area contributed by atoms with Crippen molar-refractivity contribution in [2.45, 2.75) is 26.2 Å². The maximum Gasteiger partial charge on any atom is 0.224 e. The number of hydrogen-bond acceptors (Lipinski definition) is 3. The van der Waals surface area contributed by atoms with Gasteiger partial charge in [-0.3, -0.25) is 4.79 Å². The number of halogens is 1. The van der Waals surface area contributed by atoms with Crippen LogP contribution in [-0.4, -0.2) is 32.1 Å². The minimum Gasteiger partial charge on any atom is -0.493 e. The van der Waals surface area contributed by atoms with E-state index >= 15 is 0 Å². The average molecular weight is 299 g/mol. The third-order valence-corrected chi connectivity index (χ3v) is 3.17. The predicted molar refractivity (Wildman–Crippen MR) is 82.8 cm³/mol. The Hall–Kier alpha value is -1.26. The van der Waals surface area contributed by atoms with E-state index in [0.717, 1.165) is 43.9 Å². The minimum absolute atomic E-state index is 0. The van der Waals surface area contributed by atoms with Gasteiger partial charge in [-0.15, -0.1) is 12.4 Å². The van der Waals surface area contributed by atoms with Crippen LogP contribution in [0.15, 0.2) is 18.2 Å². The third kappa shape index (κ3) is 5.02. The summed E-state index contributed by atoms with van der Waals surface area (Å²) in [5.41, 5.74) is 2.28. The second-order valence-corrected chi connectivity index (χ2v) is 4.82. The summed E-state index contributed by atoms with van der Waals surface area (Å²) in [5.74, 6) is 1.05. The van der Waals surface area contributed by atoms with Gasteiger partial charge in [0.15, 0.2) is 0 Å². The molecule has 1 amide bonds. The van der Waals surface area contributed by atoms with Crippen molar-refractivity contribution in [2.75, 3.05) is 26.2 Å². The maximum absolute atomic E-state index is 11.8. The molecule has 0 aliphatic carbocycles. The number of hydrogen-bond donors (Lipinski definition) is 2. The minimum atomic E-state index is 0. The van der Waals surface area contributed by atoms with Gasteiger partial charge >= 0.3 is 0 Å². The van der Waals surface area contributed by atoms with Gasteiger partial charge in [0.25, 0.3) is 0 Å². The number of benzene rings is 1. The number of amides is 1. The van der Waals surface area contributed by atoms with Crippen LogP contribution >= 0.6 is 12.4 Å². The van der Waals surface area contributed by atoms with Gasteiger partial charge in [0.2, 0.25) is 5.91 Å². The van der Waals surface area contributed by atoms with E-state index in [1.54, 1.807) is 0 Å². The van der Waals surface area contributed by atoms with Crippen LogP contribution in [0.3, 0.4) is 0 Å². The molecule has 0 aromatic heterocycles. The zero-order chi connectivity index (χ0) is 13.5. The molecule has 4 nitrogen and oxygen atoms in total. The lowest BCUT2D eigenvalue weighted by atomic mass is 10.1. The molecule has 2 N–H and O–H groups in total. The summed E-state index contributed by atoms with van der Waals surface area (Å²) in [7, 11) is 0. The summed E-state index contributed by atoms with van der Waals surface area (Å²) >= 11 is 0. The molecule has 2 rings (SSSR count). The molecule has 112 valence electrons. The zero-order valence-electron chi connectivity index (χ0n) is 11.9. The summed E-state index contributed by atoms with van der Waals surface area (Å²) in [4.78, 5) is 11.8. The van der Waals surface area contributed by atoms with E-state index in [1.807, 2.05) is 12.1 Å². The summed E-state index contributed by atoms with van der Waals surface area (Å²) in [6.45, 7) is 5.41. The highest BCUT2D eigenvalue weighted by atomic mass is 35.5. The Morgan fingerprint density at radius 2 is 2.15 bits per heavy atom. The largest absolute Gasteiger partial charge is 0.493 e. The number of ether oxygens (including phenoxy) is 1. The van der Waals surface area contributed by atoms with Crippen molar-refractivity contribution < 1.29 is 9.53 Å². The van der Waals surface area contributed by atoms with E-state index in [-0.39, 0.29) is 18.3 Å². The molecule has 0 bridgehead atoms. The third-order valence-electron chi connectivity index (χ3n) is 3.17. The Morgan fingerprint density at radius 3 is 2.95 bits per heavy atom. The quantitative estimate of drug-likeness (QED) is 0.754. The van der Waals surface area contributed by atoms with Crippen LogP contribution in [-0.2, 0) is 17.6 Å². The Bertz CT molecular complexity index is 438. The Balaban J connectivity index is 0.00000200. The van der Waals surface area contributed by atoms with Gasteiger partial charge in [-0.25, -0.2) is 0 Å². The summed E-state index contributed by atoms with van der Waals surface area (Å²) in [6.07, 6.45) is 2.51. The summed E-state index contributed by atoms with van der Waals surface area (Å²) in [5, 5.41) is 6.18. The van der Waals surface area contributed by atoms with Gasteiger partial charge in [-0.1, -0.05) is 19.1 Å². The van der Waals surface area contributed by atoms with Gasteiger partial charge in [0.05, 0.1) is 13.0 Å². The first-order valence-electron chi connectivity index (χ1n) is 7.01. The number of nitrogens with one attached hydrogen (secondary N) is 2. The standard InChI is InChI=1S/C15H22N2O2.ClH/c1-2-6-16-7-8-17-15(18)11-12-3-4-14-13(10-12)5-9-19-14;/h3-4,10,16H,2,5-9,11H2,1H3,(H,17,18);1H. The van der Waals surface area contributed by atoms with Crippen molar-refractivity contribution in [3.8, 4) is 5.75 Å². The highest BCUT2D eigenvalue weighted by Crippen LogP contribution is 2.25. The van der Waals surface area contributed by atoms with Crippen LogP contribution < -0.4 is 15.4 Å². The fourth-order valence-electron chi connectivity index (χ4n) is 2.19. The molecule has 20 heavy (non-hydrogen) atoms. The normalized spacial score (nSPS) is 12.2. The van der Waals surface area contributed by atoms with Gasteiger partial charge in [0.1, 0.15) is 5.75 Å². The lowest BCUT2D eigenvalue weighted by molar-refractivity contribution is -0.120. The zero-order valence-corrected chi connectivity index (χ0v) is 12.7. The monoisotopic (exact) mass is 298 g/mol. The van der Waals surface area contributed by atoms with Crippen molar-refractivity contribution in [1.29, 1.82) is 0 Å². The molecule has 0 saturated heterocycles. The smallest absolute Gasteiger partial charge is 0.224 e. The lowest BCUT2D eigenvalue weighted by Crippen LogP contribution is -2.33. The fraction of sp³-hybridized carbons (Fsp3) is 0.533. The summed E-state index contributed by atoms with van der Waals surface area (Å²) in [6, 6.07) is 6.02. The van der Waals surface area contributed by atoms with Crippen LogP contribution in [0.4, 0.5) is 0 Å². The van der Waals surface area contributed by atoms with E-state index in [9.17, 15) is 4.79 Å². The van der Waals surface area contributed by atoms with Crippen molar-refractivity contribution in [2.24, 2.45) is 0 Å². The first kappa shape index (κ1) is 16.8. The van der Waals surface area contributed by atoms with E-state index in [2.05, 4.69) is 23.6 Å². The number of rotatable bonds is 7. The van der Waals surface area contributed by atoms with Crippen LogP contribution in [0.2, 0.25) is 0 Å². The highest BCUT2D eigenvalue weighted by molar-refractivity contribution is 5.85. The van der Waals surface area contributed by atoms with E-state index in [1.165, 1.54) is 5.56 Å². The second-order valence-electron chi connectivity index (χ2n) is 4.82. The molecular weight excluding hydrogens is 276 g/mol. The van der Waals surface area contributed by atoms with Crippen LogP contribution in [0, 0.1) is 0 Å². The van der Waals surface area contributed by atoms with Crippen molar-refractivity contribution in [3.05, 3.63) is 29.3 Å². The van der Waals surface area contributed by atoms with E-state index in [4.69, 9.17) is 4.74 Å². The van der Waals surface area contributed by atoms with Gasteiger partial charge < -0.3 is 15.4 Å².